The van der Waals surface area contributed by atoms with Crippen LogP contribution in [0.1, 0.15) is 11.1 Å². The van der Waals surface area contributed by atoms with Gasteiger partial charge in [0.05, 0.1) is 11.3 Å². The minimum atomic E-state index is 0.588. The first-order valence-electron chi connectivity index (χ1n) is 8.03. The van der Waals surface area contributed by atoms with Crippen LogP contribution < -0.4 is 0 Å². The minimum absolute atomic E-state index is 0.588. The van der Waals surface area contributed by atoms with Gasteiger partial charge in [-0.25, -0.2) is 4.99 Å². The van der Waals surface area contributed by atoms with Crippen molar-refractivity contribution < 1.29 is 4.74 Å². The normalized spacial score (nSPS) is 14.8. The van der Waals surface area contributed by atoms with Crippen LogP contribution in [0.2, 0.25) is 0 Å². The first-order valence-corrected chi connectivity index (χ1v) is 8.03. The Morgan fingerprint density at radius 2 is 1.17 bits per heavy atom. The fraction of sp³-hybridized carbons (Fsp3) is 0.0455. The Morgan fingerprint density at radius 1 is 0.667 bits per heavy atom. The predicted molar refractivity (Wildman–Crippen MR) is 98.4 cm³/mol. The topological polar surface area (TPSA) is 21.6 Å². The second kappa shape index (κ2) is 6.55. The van der Waals surface area contributed by atoms with Crippen molar-refractivity contribution in [1.82, 2.24) is 0 Å². The van der Waals surface area contributed by atoms with E-state index < -0.39 is 0 Å². The molecule has 0 radical (unpaired) electrons. The molecule has 1 aliphatic rings. The molecule has 1 saturated heterocycles. The molecule has 0 aromatic heterocycles. The van der Waals surface area contributed by atoms with Crippen LogP contribution in [-0.2, 0) is 4.74 Å². The van der Waals surface area contributed by atoms with Crippen LogP contribution in [-0.4, -0.2) is 12.5 Å². The van der Waals surface area contributed by atoms with Gasteiger partial charge >= 0.3 is 0 Å². The van der Waals surface area contributed by atoms with Crippen LogP contribution in [0.4, 0.5) is 5.69 Å². The fourth-order valence-electron chi connectivity index (χ4n) is 2.83. The summed E-state index contributed by atoms with van der Waals surface area (Å²) in [7, 11) is 0. The third-order valence-corrected chi connectivity index (χ3v) is 4.02. The van der Waals surface area contributed by atoms with Gasteiger partial charge in [0.25, 0.3) is 0 Å². The largest absolute Gasteiger partial charge is 0.472 e. The molecule has 1 fully saturated rings. The van der Waals surface area contributed by atoms with Gasteiger partial charge in [-0.1, -0.05) is 78.9 Å². The summed E-state index contributed by atoms with van der Waals surface area (Å²) in [5, 5.41) is 0. The zero-order valence-corrected chi connectivity index (χ0v) is 13.2. The molecule has 3 aromatic carbocycles. The van der Waals surface area contributed by atoms with E-state index in [1.807, 2.05) is 42.5 Å². The first-order chi connectivity index (χ1) is 11.9. The van der Waals surface area contributed by atoms with Gasteiger partial charge in [0, 0.05) is 5.57 Å². The number of benzene rings is 3. The lowest BCUT2D eigenvalue weighted by Gasteiger charge is -2.26. The minimum Gasteiger partial charge on any atom is -0.472 e. The third-order valence-electron chi connectivity index (χ3n) is 4.02. The number of ether oxygens (including phenoxy) is 1. The maximum absolute atomic E-state index is 5.66. The van der Waals surface area contributed by atoms with E-state index in [1.54, 1.807) is 0 Å². The Balaban J connectivity index is 1.84. The van der Waals surface area contributed by atoms with Gasteiger partial charge < -0.3 is 4.74 Å². The number of aliphatic imine (C=N–C) groups is 1. The van der Waals surface area contributed by atoms with Gasteiger partial charge in [-0.05, 0) is 23.3 Å². The van der Waals surface area contributed by atoms with Gasteiger partial charge in [-0.3, -0.25) is 0 Å². The summed E-state index contributed by atoms with van der Waals surface area (Å²) in [5.74, 6) is 0.712. The van der Waals surface area contributed by atoms with E-state index in [2.05, 4.69) is 53.5 Å². The molecule has 0 bridgehead atoms. The molecule has 4 rings (SSSR count). The van der Waals surface area contributed by atoms with E-state index in [-0.39, 0.29) is 0 Å². The summed E-state index contributed by atoms with van der Waals surface area (Å²) in [4.78, 5) is 4.65. The van der Waals surface area contributed by atoms with E-state index in [9.17, 15) is 0 Å². The molecule has 0 amide bonds. The van der Waals surface area contributed by atoms with E-state index in [0.717, 1.165) is 11.3 Å². The van der Waals surface area contributed by atoms with Crippen molar-refractivity contribution in [2.75, 3.05) is 6.61 Å². The van der Waals surface area contributed by atoms with Gasteiger partial charge in [-0.2, -0.15) is 0 Å². The standard InChI is InChI=1S/C22H17NO/c1-4-10-17(11-5-1)21(18-12-6-2-7-13-18)20-16-24-22(20)23-19-14-8-3-9-15-19/h1-15H,16H2. The SMILES string of the molecule is c1ccc(N=C2OCC2=C(c2ccccc2)c2ccccc2)cc1. The maximum atomic E-state index is 5.66. The highest BCUT2D eigenvalue weighted by Crippen LogP contribution is 2.32. The molecule has 0 aliphatic carbocycles. The van der Waals surface area contributed by atoms with Crippen molar-refractivity contribution in [3.8, 4) is 0 Å². The molecule has 3 aromatic rings. The van der Waals surface area contributed by atoms with E-state index in [4.69, 9.17) is 4.74 Å². The molecule has 0 saturated carbocycles. The third kappa shape index (κ3) is 2.86. The highest BCUT2D eigenvalue weighted by molar-refractivity contribution is 6.09. The molecule has 1 heterocycles. The number of nitrogens with zero attached hydrogens (tertiary/aromatic N) is 1. The van der Waals surface area contributed by atoms with Crippen molar-refractivity contribution in [3.63, 3.8) is 0 Å². The maximum Gasteiger partial charge on any atom is 0.221 e. The Morgan fingerprint density at radius 3 is 1.62 bits per heavy atom. The quantitative estimate of drug-likeness (QED) is 0.647. The van der Waals surface area contributed by atoms with E-state index in [0.29, 0.717) is 12.5 Å². The van der Waals surface area contributed by atoms with Crippen molar-refractivity contribution in [2.45, 2.75) is 0 Å². The average Bonchev–Trinajstić information content (AvgIpc) is 2.65. The summed E-state index contributed by atoms with van der Waals surface area (Å²) in [6, 6.07) is 30.8. The highest BCUT2D eigenvalue weighted by atomic mass is 16.5. The summed E-state index contributed by atoms with van der Waals surface area (Å²) < 4.78 is 5.66. The van der Waals surface area contributed by atoms with Crippen LogP contribution in [0.5, 0.6) is 0 Å². The average molecular weight is 311 g/mol. The van der Waals surface area contributed by atoms with Crippen LogP contribution in [0.15, 0.2) is 102 Å². The monoisotopic (exact) mass is 311 g/mol. The summed E-state index contributed by atoms with van der Waals surface area (Å²) in [6.07, 6.45) is 0. The van der Waals surface area contributed by atoms with Crippen molar-refractivity contribution in [1.29, 1.82) is 0 Å². The lowest BCUT2D eigenvalue weighted by molar-refractivity contribution is 0.291. The van der Waals surface area contributed by atoms with Gasteiger partial charge in [0.15, 0.2) is 0 Å². The number of hydrogen-bond acceptors (Lipinski definition) is 2. The Bertz CT molecular complexity index is 840. The fourth-order valence-corrected chi connectivity index (χ4v) is 2.83. The second-order valence-electron chi connectivity index (χ2n) is 5.63. The first kappa shape index (κ1) is 14.5. The van der Waals surface area contributed by atoms with Gasteiger partial charge in [-0.15, -0.1) is 0 Å². The molecule has 116 valence electrons. The number of rotatable bonds is 3. The molecule has 1 aliphatic heterocycles. The Labute approximate surface area is 141 Å². The highest BCUT2D eigenvalue weighted by Gasteiger charge is 2.26. The summed E-state index contributed by atoms with van der Waals surface area (Å²) in [5.41, 5.74) is 5.61. The molecular weight excluding hydrogens is 294 g/mol. The zero-order chi connectivity index (χ0) is 16.2. The van der Waals surface area contributed by atoms with Crippen LogP contribution in [0, 0.1) is 0 Å². The summed E-state index contributed by atoms with van der Waals surface area (Å²) >= 11 is 0. The Kier molecular flexibility index (Phi) is 3.95. The van der Waals surface area contributed by atoms with Crippen molar-refractivity contribution >= 4 is 17.2 Å². The molecule has 0 unspecified atom stereocenters. The lowest BCUT2D eigenvalue weighted by Crippen LogP contribution is -2.26. The van der Waals surface area contributed by atoms with E-state index >= 15 is 0 Å². The molecular formula is C22H17NO. The van der Waals surface area contributed by atoms with Gasteiger partial charge in [0.1, 0.15) is 6.61 Å². The molecule has 2 heteroatoms. The predicted octanol–water partition coefficient (Wildman–Crippen LogP) is 5.25. The van der Waals surface area contributed by atoms with Crippen LogP contribution in [0.25, 0.3) is 5.57 Å². The van der Waals surface area contributed by atoms with Crippen molar-refractivity contribution in [2.24, 2.45) is 4.99 Å². The second-order valence-corrected chi connectivity index (χ2v) is 5.63. The number of para-hydroxylation sites is 1. The molecule has 2 nitrogen and oxygen atoms in total. The molecule has 24 heavy (non-hydrogen) atoms. The van der Waals surface area contributed by atoms with Crippen LogP contribution >= 0.6 is 0 Å². The smallest absolute Gasteiger partial charge is 0.221 e. The molecule has 0 N–H and O–H groups in total. The summed E-state index contributed by atoms with van der Waals surface area (Å²) in [6.45, 7) is 0.588. The molecule has 0 spiro atoms. The van der Waals surface area contributed by atoms with Crippen molar-refractivity contribution in [3.05, 3.63) is 108 Å². The van der Waals surface area contributed by atoms with Crippen LogP contribution in [0.3, 0.4) is 0 Å². The Hall–Kier alpha value is -3.13. The van der Waals surface area contributed by atoms with E-state index in [1.165, 1.54) is 16.7 Å². The number of hydrogen-bond donors (Lipinski definition) is 0. The zero-order valence-electron chi connectivity index (χ0n) is 13.2. The lowest BCUT2D eigenvalue weighted by atomic mass is 9.91. The molecule has 0 atom stereocenters. The van der Waals surface area contributed by atoms with Gasteiger partial charge in [0.2, 0.25) is 5.90 Å².